The van der Waals surface area contributed by atoms with Crippen LogP contribution >= 0.6 is 0 Å². The number of halogens is 1. The maximum Gasteiger partial charge on any atom is 0.257 e. The topological polar surface area (TPSA) is 71.5 Å². The predicted molar refractivity (Wildman–Crippen MR) is 92.2 cm³/mol. The lowest BCUT2D eigenvalue weighted by Gasteiger charge is -2.38. The van der Waals surface area contributed by atoms with E-state index in [0.29, 0.717) is 32.2 Å². The zero-order chi connectivity index (χ0) is 17.9. The van der Waals surface area contributed by atoms with Crippen molar-refractivity contribution in [3.05, 3.63) is 48.3 Å². The smallest absolute Gasteiger partial charge is 0.257 e. The molecule has 2 aromatic rings. The molecular formula is C18H20FN5O2. The Morgan fingerprint density at radius 2 is 2.04 bits per heavy atom. The predicted octanol–water partition coefficient (Wildman–Crippen LogP) is 1.38. The van der Waals surface area contributed by atoms with Gasteiger partial charge in [-0.3, -0.25) is 9.78 Å². The summed E-state index contributed by atoms with van der Waals surface area (Å²) in [7, 11) is 0. The molecule has 2 saturated heterocycles. The second kappa shape index (κ2) is 7.33. The van der Waals surface area contributed by atoms with Gasteiger partial charge in [-0.2, -0.15) is 0 Å². The third kappa shape index (κ3) is 3.37. The lowest BCUT2D eigenvalue weighted by molar-refractivity contribution is -0.0170. The normalized spacial score (nSPS) is 23.3. The first kappa shape index (κ1) is 16.8. The van der Waals surface area contributed by atoms with Crippen LogP contribution in [0.3, 0.4) is 0 Å². The van der Waals surface area contributed by atoms with Crippen LogP contribution in [0.1, 0.15) is 16.8 Å². The Morgan fingerprint density at radius 3 is 2.85 bits per heavy atom. The minimum absolute atomic E-state index is 0.0615. The molecule has 2 fully saturated rings. The van der Waals surface area contributed by atoms with Crippen molar-refractivity contribution >= 4 is 11.9 Å². The Hall–Kier alpha value is -2.61. The van der Waals surface area contributed by atoms with E-state index in [9.17, 15) is 9.18 Å². The van der Waals surface area contributed by atoms with Gasteiger partial charge >= 0.3 is 0 Å². The zero-order valence-corrected chi connectivity index (χ0v) is 14.3. The molecular weight excluding hydrogens is 337 g/mol. The van der Waals surface area contributed by atoms with E-state index in [2.05, 4.69) is 19.9 Å². The van der Waals surface area contributed by atoms with E-state index in [1.165, 1.54) is 12.3 Å². The highest BCUT2D eigenvalue weighted by Gasteiger charge is 2.36. The van der Waals surface area contributed by atoms with Gasteiger partial charge in [-0.05, 0) is 18.6 Å². The third-order valence-electron chi connectivity index (χ3n) is 4.97. The van der Waals surface area contributed by atoms with Gasteiger partial charge in [-0.1, -0.05) is 0 Å². The Balaban J connectivity index is 1.45. The highest BCUT2D eigenvalue weighted by Crippen LogP contribution is 2.26. The van der Waals surface area contributed by atoms with Crippen LogP contribution in [-0.4, -0.2) is 64.6 Å². The molecule has 2 aromatic heterocycles. The molecule has 0 N–H and O–H groups in total. The van der Waals surface area contributed by atoms with E-state index < -0.39 is 5.82 Å². The van der Waals surface area contributed by atoms with Crippen molar-refractivity contribution in [2.45, 2.75) is 12.5 Å². The highest BCUT2D eigenvalue weighted by atomic mass is 19.1. The summed E-state index contributed by atoms with van der Waals surface area (Å²) < 4.78 is 19.9. The molecule has 2 aliphatic rings. The van der Waals surface area contributed by atoms with Crippen LogP contribution in [0.4, 0.5) is 10.3 Å². The molecule has 4 heterocycles. The van der Waals surface area contributed by atoms with Crippen molar-refractivity contribution in [3.8, 4) is 0 Å². The molecule has 2 atom stereocenters. The van der Waals surface area contributed by atoms with E-state index in [4.69, 9.17) is 4.74 Å². The van der Waals surface area contributed by atoms with E-state index in [-0.39, 0.29) is 23.5 Å². The zero-order valence-electron chi connectivity index (χ0n) is 14.3. The van der Waals surface area contributed by atoms with Crippen LogP contribution in [-0.2, 0) is 4.74 Å². The second-order valence-electron chi connectivity index (χ2n) is 6.56. The summed E-state index contributed by atoms with van der Waals surface area (Å²) in [6.07, 6.45) is 6.70. The summed E-state index contributed by atoms with van der Waals surface area (Å²) in [6.45, 7) is 3.10. The van der Waals surface area contributed by atoms with Gasteiger partial charge in [-0.15, -0.1) is 0 Å². The number of likely N-dealkylation sites (tertiary alicyclic amines) is 1. The first-order valence-electron chi connectivity index (χ1n) is 8.75. The lowest BCUT2D eigenvalue weighted by Crippen LogP contribution is -2.49. The minimum Gasteiger partial charge on any atom is -0.374 e. The monoisotopic (exact) mass is 357 g/mol. The molecule has 4 rings (SSSR count). The molecule has 0 bridgehead atoms. The molecule has 0 saturated carbocycles. The molecule has 0 spiro atoms. The highest BCUT2D eigenvalue weighted by molar-refractivity contribution is 5.94. The van der Waals surface area contributed by atoms with Gasteiger partial charge in [0.2, 0.25) is 5.95 Å². The van der Waals surface area contributed by atoms with E-state index in [1.807, 2.05) is 0 Å². The molecule has 0 aliphatic carbocycles. The molecule has 8 heteroatoms. The number of nitrogens with zero attached hydrogens (tertiary/aromatic N) is 5. The molecule has 0 aromatic carbocycles. The van der Waals surface area contributed by atoms with Crippen LogP contribution in [0.25, 0.3) is 0 Å². The van der Waals surface area contributed by atoms with Gasteiger partial charge in [0.25, 0.3) is 5.91 Å². The van der Waals surface area contributed by atoms with Gasteiger partial charge < -0.3 is 14.5 Å². The fraction of sp³-hybridized carbons (Fsp3) is 0.444. The number of pyridine rings is 1. The summed E-state index contributed by atoms with van der Waals surface area (Å²) in [5.41, 5.74) is 0.0615. The number of carbonyl (C=O) groups is 1. The van der Waals surface area contributed by atoms with Gasteiger partial charge in [0, 0.05) is 50.7 Å². The number of hydrogen-bond acceptors (Lipinski definition) is 6. The van der Waals surface area contributed by atoms with Gasteiger partial charge in [-0.25, -0.2) is 14.4 Å². The number of piperidine rings is 1. The molecule has 136 valence electrons. The number of hydrogen-bond donors (Lipinski definition) is 0. The first-order valence-corrected chi connectivity index (χ1v) is 8.75. The number of carbonyl (C=O) groups excluding carboxylic acids is 1. The van der Waals surface area contributed by atoms with Crippen LogP contribution < -0.4 is 4.90 Å². The summed E-state index contributed by atoms with van der Waals surface area (Å²) in [5, 5.41) is 0. The fourth-order valence-corrected chi connectivity index (χ4v) is 3.59. The first-order chi connectivity index (χ1) is 12.7. The quantitative estimate of drug-likeness (QED) is 0.809. The van der Waals surface area contributed by atoms with Crippen molar-refractivity contribution in [3.63, 3.8) is 0 Å². The number of rotatable bonds is 2. The largest absolute Gasteiger partial charge is 0.374 e. The Labute approximate surface area is 150 Å². The van der Waals surface area contributed by atoms with Gasteiger partial charge in [0.15, 0.2) is 5.82 Å². The van der Waals surface area contributed by atoms with Crippen LogP contribution in [0, 0.1) is 11.7 Å². The summed E-state index contributed by atoms with van der Waals surface area (Å²) >= 11 is 0. The molecule has 2 aliphatic heterocycles. The average molecular weight is 357 g/mol. The second-order valence-corrected chi connectivity index (χ2v) is 6.56. The summed E-state index contributed by atoms with van der Waals surface area (Å²) in [4.78, 5) is 28.8. The number of ether oxygens (including phenoxy) is 1. The summed E-state index contributed by atoms with van der Waals surface area (Å²) in [5.74, 6) is 0.0926. The molecule has 0 radical (unpaired) electrons. The van der Waals surface area contributed by atoms with Crippen LogP contribution in [0.2, 0.25) is 0 Å². The number of anilines is 1. The molecule has 1 amide bonds. The Kier molecular flexibility index (Phi) is 4.75. The summed E-state index contributed by atoms with van der Waals surface area (Å²) in [6, 6.07) is 3.22. The maximum absolute atomic E-state index is 13.9. The third-order valence-corrected chi connectivity index (χ3v) is 4.97. The Morgan fingerprint density at radius 1 is 1.19 bits per heavy atom. The number of amides is 1. The van der Waals surface area contributed by atoms with Crippen molar-refractivity contribution < 1.29 is 13.9 Å². The fourth-order valence-electron chi connectivity index (χ4n) is 3.59. The van der Waals surface area contributed by atoms with Gasteiger partial charge in [0.1, 0.15) is 0 Å². The maximum atomic E-state index is 13.9. The molecule has 26 heavy (non-hydrogen) atoms. The number of aromatic nitrogens is 3. The van der Waals surface area contributed by atoms with Crippen molar-refractivity contribution in [1.29, 1.82) is 0 Å². The minimum atomic E-state index is -0.589. The standard InChI is InChI=1S/C18H20FN5O2/c19-15-10-20-6-2-14(15)17(25)23-7-3-13-11-24(8-9-26-16(13)12-23)18-21-4-1-5-22-18/h1-2,4-6,10,13,16H,3,7-9,11-12H2/t13-,16-/m1/s1. The van der Waals surface area contributed by atoms with E-state index in [0.717, 1.165) is 19.2 Å². The van der Waals surface area contributed by atoms with Crippen molar-refractivity contribution in [2.75, 3.05) is 37.7 Å². The lowest BCUT2D eigenvalue weighted by atomic mass is 9.93. The average Bonchev–Trinajstić information content (AvgIpc) is 2.90. The van der Waals surface area contributed by atoms with Crippen LogP contribution in [0.5, 0.6) is 0 Å². The molecule has 0 unspecified atom stereocenters. The molecule has 7 nitrogen and oxygen atoms in total. The SMILES string of the molecule is O=C(c1ccncc1F)N1CC[C@@H]2CN(c3ncccn3)CCO[C@@H]2C1. The van der Waals surface area contributed by atoms with Crippen molar-refractivity contribution in [1.82, 2.24) is 19.9 Å². The van der Waals surface area contributed by atoms with Crippen molar-refractivity contribution in [2.24, 2.45) is 5.92 Å². The van der Waals surface area contributed by atoms with Gasteiger partial charge in [0.05, 0.1) is 24.5 Å². The van der Waals surface area contributed by atoms with E-state index >= 15 is 0 Å². The van der Waals surface area contributed by atoms with Crippen LogP contribution in [0.15, 0.2) is 36.9 Å². The van der Waals surface area contributed by atoms with E-state index in [1.54, 1.807) is 23.4 Å². The Bertz CT molecular complexity index is 775. The number of fused-ring (bicyclic) bond motifs is 1.